The van der Waals surface area contributed by atoms with Crippen molar-refractivity contribution in [1.82, 2.24) is 24.3 Å². The van der Waals surface area contributed by atoms with Gasteiger partial charge in [-0.3, -0.25) is 0 Å². The molecule has 0 aliphatic rings. The normalized spacial score (nSPS) is 11.3. The molecule has 0 fully saturated rings. The number of aromatic nitrogens is 5. The summed E-state index contributed by atoms with van der Waals surface area (Å²) in [5.41, 5.74) is 2.03. The minimum atomic E-state index is 0.378. The molecule has 0 saturated heterocycles. The Kier molecular flexibility index (Phi) is 3.44. The fraction of sp³-hybridized carbons (Fsp3) is 0.250. The van der Waals surface area contributed by atoms with Gasteiger partial charge in [-0.05, 0) is 40.8 Å². The smallest absolute Gasteiger partial charge is 0.152 e. The third-order valence-electron chi connectivity index (χ3n) is 3.01. The summed E-state index contributed by atoms with van der Waals surface area (Å²) < 4.78 is 5.15. The van der Waals surface area contributed by atoms with Crippen LogP contribution in [0.15, 0.2) is 24.5 Å². The van der Waals surface area contributed by atoms with E-state index in [9.17, 15) is 0 Å². The van der Waals surface area contributed by atoms with Crippen LogP contribution in [0.1, 0.15) is 11.6 Å². The number of rotatable bonds is 3. The van der Waals surface area contributed by atoms with Crippen molar-refractivity contribution in [3.8, 4) is 0 Å². The van der Waals surface area contributed by atoms with Crippen molar-refractivity contribution in [2.45, 2.75) is 12.4 Å². The van der Waals surface area contributed by atoms with Gasteiger partial charge in [0.05, 0.1) is 23.5 Å². The first-order valence-corrected chi connectivity index (χ1v) is 7.34. The van der Waals surface area contributed by atoms with E-state index in [4.69, 9.17) is 11.6 Å². The van der Waals surface area contributed by atoms with Crippen molar-refractivity contribution in [3.05, 3.63) is 39.7 Å². The van der Waals surface area contributed by atoms with Crippen LogP contribution < -0.4 is 0 Å². The summed E-state index contributed by atoms with van der Waals surface area (Å²) in [4.78, 5) is 4.57. The van der Waals surface area contributed by atoms with Crippen molar-refractivity contribution in [1.29, 1.82) is 0 Å². The Bertz CT molecular complexity index is 733. The van der Waals surface area contributed by atoms with Gasteiger partial charge in [0.1, 0.15) is 12.2 Å². The quantitative estimate of drug-likeness (QED) is 0.513. The second-order valence-electron chi connectivity index (χ2n) is 4.24. The average molecular weight is 388 g/mol. The van der Waals surface area contributed by atoms with E-state index in [1.807, 2.05) is 11.6 Å². The maximum absolute atomic E-state index is 6.00. The number of imidazole rings is 1. The fourth-order valence-corrected chi connectivity index (χ4v) is 2.70. The van der Waals surface area contributed by atoms with E-state index in [0.717, 1.165) is 26.3 Å². The van der Waals surface area contributed by atoms with Gasteiger partial charge in [-0.15, -0.1) is 21.8 Å². The molecule has 5 nitrogen and oxygen atoms in total. The van der Waals surface area contributed by atoms with Crippen LogP contribution in [0.4, 0.5) is 0 Å². The highest BCUT2D eigenvalue weighted by Gasteiger charge is 2.12. The predicted molar refractivity (Wildman–Crippen MR) is 82.1 cm³/mol. The van der Waals surface area contributed by atoms with Gasteiger partial charge < -0.3 is 9.13 Å². The van der Waals surface area contributed by atoms with Crippen molar-refractivity contribution >= 4 is 45.2 Å². The summed E-state index contributed by atoms with van der Waals surface area (Å²) in [7, 11) is 1.93. The summed E-state index contributed by atoms with van der Waals surface area (Å²) in [6.45, 7) is 0.621. The predicted octanol–water partition coefficient (Wildman–Crippen LogP) is 2.56. The van der Waals surface area contributed by atoms with E-state index in [-0.39, 0.29) is 0 Å². The van der Waals surface area contributed by atoms with Gasteiger partial charge >= 0.3 is 0 Å². The number of alkyl halides is 1. The van der Waals surface area contributed by atoms with E-state index >= 15 is 0 Å². The molecule has 0 N–H and O–H groups in total. The summed E-state index contributed by atoms with van der Waals surface area (Å²) in [6, 6.07) is 6.19. The van der Waals surface area contributed by atoms with Gasteiger partial charge in [-0.2, -0.15) is 0 Å². The first kappa shape index (κ1) is 12.9. The van der Waals surface area contributed by atoms with Gasteiger partial charge in [0.15, 0.2) is 5.82 Å². The van der Waals surface area contributed by atoms with Crippen LogP contribution in [0.2, 0.25) is 0 Å². The van der Waals surface area contributed by atoms with Crippen molar-refractivity contribution in [3.63, 3.8) is 0 Å². The molecule has 98 valence electrons. The number of benzene rings is 1. The number of fused-ring (bicyclic) bond motifs is 1. The minimum Gasteiger partial charge on any atom is -0.319 e. The second-order valence-corrected chi connectivity index (χ2v) is 5.75. The van der Waals surface area contributed by atoms with Crippen LogP contribution >= 0.6 is 34.2 Å². The second kappa shape index (κ2) is 5.09. The number of halogens is 2. The average Bonchev–Trinajstić information content (AvgIpc) is 2.94. The number of aryl methyl sites for hydroxylation is 1. The van der Waals surface area contributed by atoms with Gasteiger partial charge in [-0.25, -0.2) is 4.98 Å². The molecule has 7 heteroatoms. The zero-order valence-electron chi connectivity index (χ0n) is 10.2. The van der Waals surface area contributed by atoms with E-state index in [1.165, 1.54) is 0 Å². The molecule has 2 heterocycles. The lowest BCUT2D eigenvalue weighted by Gasteiger charge is -2.06. The van der Waals surface area contributed by atoms with Crippen LogP contribution in [0.5, 0.6) is 0 Å². The van der Waals surface area contributed by atoms with Crippen molar-refractivity contribution < 1.29 is 0 Å². The molecule has 1 aromatic carbocycles. The summed E-state index contributed by atoms with van der Waals surface area (Å²) in [5, 5.41) is 8.01. The van der Waals surface area contributed by atoms with Gasteiger partial charge in [0.2, 0.25) is 0 Å². The Morgan fingerprint density at radius 1 is 1.32 bits per heavy atom. The van der Waals surface area contributed by atoms with E-state index < -0.39 is 0 Å². The molecule has 0 aliphatic heterocycles. The van der Waals surface area contributed by atoms with Crippen LogP contribution in [0.25, 0.3) is 11.0 Å². The van der Waals surface area contributed by atoms with Crippen LogP contribution in [0.3, 0.4) is 0 Å². The van der Waals surface area contributed by atoms with Crippen molar-refractivity contribution in [2.24, 2.45) is 7.05 Å². The molecule has 0 spiro atoms. The van der Waals surface area contributed by atoms with Gasteiger partial charge in [0.25, 0.3) is 0 Å². The molecule has 0 atom stereocenters. The van der Waals surface area contributed by atoms with Gasteiger partial charge in [0, 0.05) is 10.6 Å². The molecule has 0 aliphatic carbocycles. The molecular formula is C12H11ClIN5. The van der Waals surface area contributed by atoms with Crippen LogP contribution in [0, 0.1) is 3.57 Å². The van der Waals surface area contributed by atoms with E-state index in [0.29, 0.717) is 12.4 Å². The molecule has 0 bridgehead atoms. The monoisotopic (exact) mass is 387 g/mol. The zero-order valence-corrected chi connectivity index (χ0v) is 13.1. The molecule has 0 unspecified atom stereocenters. The molecular weight excluding hydrogens is 377 g/mol. The third kappa shape index (κ3) is 2.34. The lowest BCUT2D eigenvalue weighted by molar-refractivity contribution is 0.691. The molecule has 0 saturated carbocycles. The Balaban J connectivity index is 2.13. The molecule has 3 rings (SSSR count). The van der Waals surface area contributed by atoms with Crippen LogP contribution in [-0.2, 0) is 19.5 Å². The molecule has 0 amide bonds. The first-order chi connectivity index (χ1) is 9.19. The number of nitrogens with zero attached hydrogens (tertiary/aromatic N) is 5. The van der Waals surface area contributed by atoms with Gasteiger partial charge in [-0.1, -0.05) is 0 Å². The zero-order chi connectivity index (χ0) is 13.4. The molecule has 0 radical (unpaired) electrons. The summed E-state index contributed by atoms with van der Waals surface area (Å²) >= 11 is 8.28. The Morgan fingerprint density at radius 3 is 2.84 bits per heavy atom. The lowest BCUT2D eigenvalue weighted by atomic mass is 10.3. The summed E-state index contributed by atoms with van der Waals surface area (Å²) in [5.74, 6) is 2.11. The van der Waals surface area contributed by atoms with E-state index in [1.54, 1.807) is 6.33 Å². The highest BCUT2D eigenvalue weighted by Crippen LogP contribution is 2.21. The molecule has 2 aromatic heterocycles. The molecule has 19 heavy (non-hydrogen) atoms. The maximum Gasteiger partial charge on any atom is 0.152 e. The number of hydrogen-bond donors (Lipinski definition) is 0. The highest BCUT2D eigenvalue weighted by atomic mass is 127. The SMILES string of the molecule is Cn1cnnc1Cn1c(CCl)nc2cc(I)ccc21. The summed E-state index contributed by atoms with van der Waals surface area (Å²) in [6.07, 6.45) is 1.69. The molecule has 3 aromatic rings. The topological polar surface area (TPSA) is 48.5 Å². The largest absolute Gasteiger partial charge is 0.319 e. The van der Waals surface area contributed by atoms with Crippen molar-refractivity contribution in [2.75, 3.05) is 0 Å². The Morgan fingerprint density at radius 2 is 2.16 bits per heavy atom. The first-order valence-electron chi connectivity index (χ1n) is 5.72. The fourth-order valence-electron chi connectivity index (χ4n) is 2.02. The Hall–Kier alpha value is -1.15. The van der Waals surface area contributed by atoms with Crippen LogP contribution in [-0.4, -0.2) is 24.3 Å². The number of hydrogen-bond acceptors (Lipinski definition) is 3. The highest BCUT2D eigenvalue weighted by molar-refractivity contribution is 14.1. The Labute approximate surface area is 128 Å². The standard InChI is InChI=1S/C12H11ClIN5/c1-18-7-15-17-12(18)6-19-10-3-2-8(14)4-9(10)16-11(19)5-13/h2-4,7H,5-6H2,1H3. The lowest BCUT2D eigenvalue weighted by Crippen LogP contribution is -2.08. The minimum absolute atomic E-state index is 0.378. The van der Waals surface area contributed by atoms with E-state index in [2.05, 4.69) is 60.5 Å². The third-order valence-corrected chi connectivity index (χ3v) is 3.92. The maximum atomic E-state index is 6.00.